The number of nitrogens with two attached hydrogens (primary N) is 2. The lowest BCUT2D eigenvalue weighted by atomic mass is 10.1. The highest BCUT2D eigenvalue weighted by atomic mass is 16.2. The molecule has 0 radical (unpaired) electrons. The fraction of sp³-hybridized carbons (Fsp3) is 0.385. The Morgan fingerprint density at radius 1 is 1.37 bits per heavy atom. The molecule has 1 aromatic carbocycles. The second-order valence-electron chi connectivity index (χ2n) is 4.34. The van der Waals surface area contributed by atoms with Crippen molar-refractivity contribution in [2.75, 3.05) is 30.8 Å². The summed E-state index contributed by atoms with van der Waals surface area (Å²) in [5, 5.41) is 2.78. The Morgan fingerprint density at radius 2 is 2.05 bits per heavy atom. The highest BCUT2D eigenvalue weighted by Gasteiger charge is 2.12. The van der Waals surface area contributed by atoms with Crippen molar-refractivity contribution in [2.45, 2.75) is 13.3 Å². The van der Waals surface area contributed by atoms with Gasteiger partial charge in [0.25, 0.3) is 0 Å². The lowest BCUT2D eigenvalue weighted by molar-refractivity contribution is -0.119. The zero-order valence-electron chi connectivity index (χ0n) is 11.3. The van der Waals surface area contributed by atoms with Crippen LogP contribution >= 0.6 is 0 Å². The number of nitrogens with one attached hydrogen (secondary N) is 1. The summed E-state index contributed by atoms with van der Waals surface area (Å²) in [4.78, 5) is 24.5. The summed E-state index contributed by atoms with van der Waals surface area (Å²) >= 11 is 0. The number of benzene rings is 1. The molecule has 0 aliphatic rings. The van der Waals surface area contributed by atoms with E-state index in [0.717, 1.165) is 6.42 Å². The number of anilines is 2. The Hall–Kier alpha value is -2.24. The van der Waals surface area contributed by atoms with Crippen molar-refractivity contribution in [3.63, 3.8) is 0 Å². The average Bonchev–Trinajstić information content (AvgIpc) is 2.36. The smallest absolute Gasteiger partial charge is 0.248 e. The molecule has 6 heteroatoms. The van der Waals surface area contributed by atoms with Crippen LogP contribution in [-0.2, 0) is 4.79 Å². The first-order valence-corrected chi connectivity index (χ1v) is 6.12. The Bertz CT molecular complexity index is 474. The summed E-state index contributed by atoms with van der Waals surface area (Å²) in [5.41, 5.74) is 12.5. The minimum absolute atomic E-state index is 0.0896. The van der Waals surface area contributed by atoms with Crippen LogP contribution in [0, 0.1) is 0 Å². The minimum Gasteiger partial charge on any atom is -0.397 e. The number of nitrogens with zero attached hydrogens (tertiary/aromatic N) is 1. The molecule has 0 spiro atoms. The lowest BCUT2D eigenvalue weighted by Gasteiger charge is -2.21. The van der Waals surface area contributed by atoms with E-state index in [1.807, 2.05) is 6.92 Å². The second kappa shape index (κ2) is 6.63. The lowest BCUT2D eigenvalue weighted by Crippen LogP contribution is -2.35. The zero-order chi connectivity index (χ0) is 14.4. The molecule has 104 valence electrons. The molecule has 0 aliphatic carbocycles. The van der Waals surface area contributed by atoms with Crippen LogP contribution in [0.15, 0.2) is 18.2 Å². The van der Waals surface area contributed by atoms with Crippen molar-refractivity contribution in [3.05, 3.63) is 23.8 Å². The predicted molar refractivity (Wildman–Crippen MR) is 75.9 cm³/mol. The minimum atomic E-state index is -0.523. The van der Waals surface area contributed by atoms with Gasteiger partial charge in [0.05, 0.1) is 17.9 Å². The number of rotatable bonds is 6. The van der Waals surface area contributed by atoms with Crippen LogP contribution in [0.1, 0.15) is 23.7 Å². The van der Waals surface area contributed by atoms with Gasteiger partial charge in [-0.2, -0.15) is 0 Å². The molecule has 1 aromatic rings. The molecule has 0 aromatic heterocycles. The van der Waals surface area contributed by atoms with E-state index < -0.39 is 5.91 Å². The Morgan fingerprint density at radius 3 is 2.63 bits per heavy atom. The summed E-state index contributed by atoms with van der Waals surface area (Å²) in [5.74, 6) is -0.613. The largest absolute Gasteiger partial charge is 0.397 e. The van der Waals surface area contributed by atoms with Gasteiger partial charge in [0, 0.05) is 19.2 Å². The monoisotopic (exact) mass is 264 g/mol. The van der Waals surface area contributed by atoms with Crippen LogP contribution in [0.5, 0.6) is 0 Å². The van der Waals surface area contributed by atoms with Crippen LogP contribution in [0.25, 0.3) is 0 Å². The summed E-state index contributed by atoms with van der Waals surface area (Å²) in [6, 6.07) is 4.76. The highest BCUT2D eigenvalue weighted by molar-refractivity contribution is 5.95. The first-order chi connectivity index (χ1) is 8.95. The fourth-order valence-corrected chi connectivity index (χ4v) is 1.65. The molecular formula is C13H20N4O2. The number of carbonyl (C=O) groups is 2. The molecule has 0 atom stereocenters. The number of hydrogen-bond donors (Lipinski definition) is 3. The van der Waals surface area contributed by atoms with E-state index in [1.165, 1.54) is 0 Å². The normalized spacial score (nSPS) is 10.0. The third-order valence-corrected chi connectivity index (χ3v) is 2.68. The quantitative estimate of drug-likeness (QED) is 0.644. The van der Waals surface area contributed by atoms with Gasteiger partial charge in [0.2, 0.25) is 11.8 Å². The second-order valence-corrected chi connectivity index (χ2v) is 4.34. The van der Waals surface area contributed by atoms with Gasteiger partial charge in [-0.1, -0.05) is 6.92 Å². The fourth-order valence-electron chi connectivity index (χ4n) is 1.65. The summed E-state index contributed by atoms with van der Waals surface area (Å²) in [7, 11) is 1.74. The Balaban J connectivity index is 2.81. The number of carbonyl (C=O) groups excluding carboxylic acids is 2. The number of likely N-dealkylation sites (N-methyl/N-ethyl adjacent to an activating group) is 1. The predicted octanol–water partition coefficient (Wildman–Crippen LogP) is 0.330. The molecular weight excluding hydrogens is 244 g/mol. The molecule has 6 nitrogen and oxygen atoms in total. The zero-order valence-corrected chi connectivity index (χ0v) is 11.3. The first kappa shape index (κ1) is 14.8. The summed E-state index contributed by atoms with van der Waals surface area (Å²) in [6.45, 7) is 2.80. The molecule has 0 aliphatic heterocycles. The van der Waals surface area contributed by atoms with Crippen molar-refractivity contribution in [3.8, 4) is 0 Å². The van der Waals surface area contributed by atoms with Crippen LogP contribution in [0.4, 0.5) is 11.4 Å². The summed E-state index contributed by atoms with van der Waals surface area (Å²) in [6.07, 6.45) is 0.884. The topological polar surface area (TPSA) is 101 Å². The molecule has 0 bridgehead atoms. The molecule has 0 saturated carbocycles. The van der Waals surface area contributed by atoms with Crippen molar-refractivity contribution >= 4 is 23.2 Å². The van der Waals surface area contributed by atoms with Crippen molar-refractivity contribution in [1.82, 2.24) is 5.32 Å². The van der Waals surface area contributed by atoms with Gasteiger partial charge >= 0.3 is 0 Å². The van der Waals surface area contributed by atoms with Crippen LogP contribution in [0.3, 0.4) is 0 Å². The average molecular weight is 264 g/mol. The third-order valence-electron chi connectivity index (χ3n) is 2.68. The third kappa shape index (κ3) is 4.17. The maximum atomic E-state index is 11.6. The van der Waals surface area contributed by atoms with Crippen LogP contribution < -0.4 is 21.7 Å². The standard InChI is InChI=1S/C13H20N4O2/c1-3-6-16-12(18)8-17(2)11-7-9(13(15)19)4-5-10(11)14/h4-5,7H,3,6,8,14H2,1-2H3,(H2,15,19)(H,16,18). The summed E-state index contributed by atoms with van der Waals surface area (Å²) < 4.78 is 0. The Kier molecular flexibility index (Phi) is 5.17. The molecule has 0 unspecified atom stereocenters. The van der Waals surface area contributed by atoms with Gasteiger partial charge in [0.1, 0.15) is 0 Å². The van der Waals surface area contributed by atoms with Crippen molar-refractivity contribution in [2.24, 2.45) is 5.73 Å². The molecule has 1 rings (SSSR count). The van der Waals surface area contributed by atoms with Gasteiger partial charge in [-0.3, -0.25) is 9.59 Å². The van der Waals surface area contributed by atoms with Crippen LogP contribution in [-0.4, -0.2) is 32.0 Å². The van der Waals surface area contributed by atoms with Crippen molar-refractivity contribution in [1.29, 1.82) is 0 Å². The van der Waals surface area contributed by atoms with E-state index in [9.17, 15) is 9.59 Å². The number of hydrogen-bond acceptors (Lipinski definition) is 4. The van der Waals surface area contributed by atoms with E-state index in [1.54, 1.807) is 30.1 Å². The van der Waals surface area contributed by atoms with E-state index in [2.05, 4.69) is 5.32 Å². The molecule has 0 saturated heterocycles. The number of nitrogen functional groups attached to an aromatic ring is 1. The highest BCUT2D eigenvalue weighted by Crippen LogP contribution is 2.23. The molecule has 0 heterocycles. The van der Waals surface area contributed by atoms with Gasteiger partial charge < -0.3 is 21.7 Å². The van der Waals surface area contributed by atoms with E-state index in [-0.39, 0.29) is 12.5 Å². The first-order valence-electron chi connectivity index (χ1n) is 6.12. The molecule has 19 heavy (non-hydrogen) atoms. The van der Waals surface area contributed by atoms with E-state index >= 15 is 0 Å². The van der Waals surface area contributed by atoms with Crippen LogP contribution in [0.2, 0.25) is 0 Å². The number of primary amides is 1. The molecule has 5 N–H and O–H groups in total. The van der Waals surface area contributed by atoms with E-state index in [4.69, 9.17) is 11.5 Å². The number of amides is 2. The van der Waals surface area contributed by atoms with Crippen molar-refractivity contribution < 1.29 is 9.59 Å². The van der Waals surface area contributed by atoms with Gasteiger partial charge in [-0.05, 0) is 24.6 Å². The Labute approximate surface area is 112 Å². The van der Waals surface area contributed by atoms with Gasteiger partial charge in [-0.15, -0.1) is 0 Å². The van der Waals surface area contributed by atoms with Gasteiger partial charge in [-0.25, -0.2) is 0 Å². The molecule has 2 amide bonds. The SMILES string of the molecule is CCCNC(=O)CN(C)c1cc(C(N)=O)ccc1N. The molecule has 0 fully saturated rings. The maximum Gasteiger partial charge on any atom is 0.248 e. The van der Waals surface area contributed by atoms with Gasteiger partial charge in [0.15, 0.2) is 0 Å². The maximum absolute atomic E-state index is 11.6. The van der Waals surface area contributed by atoms with E-state index in [0.29, 0.717) is 23.5 Å².